The molecule has 15 heavy (non-hydrogen) atoms. The molecule has 80 valence electrons. The highest BCUT2D eigenvalue weighted by Crippen LogP contribution is 2.38. The number of thioether (sulfide) groups is 1. The molecule has 1 fully saturated rings. The van der Waals surface area contributed by atoms with Crippen molar-refractivity contribution in [2.24, 2.45) is 5.73 Å². The summed E-state index contributed by atoms with van der Waals surface area (Å²) in [7, 11) is 0. The van der Waals surface area contributed by atoms with E-state index in [2.05, 4.69) is 5.32 Å². The van der Waals surface area contributed by atoms with E-state index in [1.54, 1.807) is 6.08 Å². The third-order valence-corrected chi connectivity index (χ3v) is 4.31. The van der Waals surface area contributed by atoms with Crippen molar-refractivity contribution in [2.45, 2.75) is 11.3 Å². The maximum Gasteiger partial charge on any atom is 0.337 e. The monoisotopic (exact) mass is 262 g/mol. The zero-order valence-corrected chi connectivity index (χ0v) is 9.75. The first kappa shape index (κ1) is 10.8. The van der Waals surface area contributed by atoms with E-state index in [4.69, 9.17) is 34.7 Å². The van der Waals surface area contributed by atoms with Crippen LogP contribution in [0.2, 0.25) is 0 Å². The van der Waals surface area contributed by atoms with Crippen molar-refractivity contribution in [3.63, 3.8) is 0 Å². The molecule has 0 aromatic heterocycles. The van der Waals surface area contributed by atoms with Gasteiger partial charge in [0.2, 0.25) is 0 Å². The molecule has 0 aromatic rings. The van der Waals surface area contributed by atoms with Crippen LogP contribution in [0.1, 0.15) is 0 Å². The summed E-state index contributed by atoms with van der Waals surface area (Å²) in [6.07, 6.45) is 1.56. The van der Waals surface area contributed by atoms with Crippen LogP contribution in [0.3, 0.4) is 0 Å². The Labute approximate surface area is 101 Å². The van der Waals surface area contributed by atoms with Gasteiger partial charge in [0.25, 0.3) is 0 Å². The van der Waals surface area contributed by atoms with Crippen LogP contribution >= 0.6 is 35.6 Å². The zero-order valence-electron chi connectivity index (χ0n) is 7.36. The van der Waals surface area contributed by atoms with Crippen LogP contribution in [-0.2, 0) is 4.79 Å². The molecule has 1 aliphatic heterocycles. The van der Waals surface area contributed by atoms with E-state index in [0.29, 0.717) is 9.35 Å². The first-order valence-corrected chi connectivity index (χ1v) is 5.75. The van der Waals surface area contributed by atoms with Crippen LogP contribution in [0.5, 0.6) is 0 Å². The summed E-state index contributed by atoms with van der Waals surface area (Å²) in [5, 5.41) is 12.1. The van der Waals surface area contributed by atoms with Crippen LogP contribution in [0, 0.1) is 0 Å². The van der Waals surface area contributed by atoms with Gasteiger partial charge in [0, 0.05) is 0 Å². The van der Waals surface area contributed by atoms with E-state index in [-0.39, 0.29) is 22.6 Å². The quantitative estimate of drug-likeness (QED) is 0.607. The number of fused-ring (bicyclic) bond motifs is 1. The third kappa shape index (κ3) is 1.73. The molecule has 4 N–H and O–H groups in total. The molecule has 2 aliphatic rings. The van der Waals surface area contributed by atoms with Gasteiger partial charge in [-0.25, -0.2) is 4.79 Å². The second-order valence-corrected chi connectivity index (χ2v) is 5.37. The number of rotatable bonds is 1. The lowest BCUT2D eigenvalue weighted by Crippen LogP contribution is -2.35. The van der Waals surface area contributed by atoms with Gasteiger partial charge in [0.05, 0.1) is 27.6 Å². The van der Waals surface area contributed by atoms with Crippen molar-refractivity contribution < 1.29 is 9.90 Å². The number of nitrogens with two attached hydrogens (primary N) is 1. The predicted octanol–water partition coefficient (Wildman–Crippen LogP) is 0.779. The molecular formula is C8H7ClN2O2S2. The lowest BCUT2D eigenvalue weighted by Gasteiger charge is -2.22. The lowest BCUT2D eigenvalue weighted by molar-refractivity contribution is -0.132. The number of carbonyl (C=O) groups is 1. The van der Waals surface area contributed by atoms with Crippen molar-refractivity contribution in [2.75, 3.05) is 0 Å². The Bertz CT molecular complexity index is 419. The van der Waals surface area contributed by atoms with Crippen LogP contribution in [0.25, 0.3) is 0 Å². The molecule has 7 heteroatoms. The van der Waals surface area contributed by atoms with Crippen molar-refractivity contribution >= 4 is 45.9 Å². The molecule has 0 saturated carbocycles. The number of carboxylic acid groups (broad SMARTS) is 1. The maximum atomic E-state index is 10.9. The molecule has 0 spiro atoms. The number of thiocarbonyl (C=S) groups is 1. The molecule has 1 heterocycles. The predicted molar refractivity (Wildman–Crippen MR) is 63.7 cm³/mol. The summed E-state index contributed by atoms with van der Waals surface area (Å²) in [6, 6.07) is -0.173. The minimum Gasteiger partial charge on any atom is -0.478 e. The molecule has 0 aromatic carbocycles. The maximum absolute atomic E-state index is 10.9. The lowest BCUT2D eigenvalue weighted by atomic mass is 9.99. The van der Waals surface area contributed by atoms with Gasteiger partial charge < -0.3 is 16.2 Å². The molecule has 2 rings (SSSR count). The SMILES string of the molecule is NC1=C(Cl)C2SC(=S)NC2C=C1C(=O)O. The Morgan fingerprint density at radius 1 is 1.73 bits per heavy atom. The molecule has 4 nitrogen and oxygen atoms in total. The average molecular weight is 263 g/mol. The van der Waals surface area contributed by atoms with Crippen LogP contribution in [0.15, 0.2) is 22.4 Å². The molecule has 1 saturated heterocycles. The Hall–Kier alpha value is -0.720. The summed E-state index contributed by atoms with van der Waals surface area (Å²) in [4.78, 5) is 10.9. The average Bonchev–Trinajstić information content (AvgIpc) is 2.52. The second kappa shape index (κ2) is 3.70. The first-order chi connectivity index (χ1) is 7.00. The van der Waals surface area contributed by atoms with Gasteiger partial charge in [-0.1, -0.05) is 35.6 Å². The van der Waals surface area contributed by atoms with Crippen LogP contribution < -0.4 is 11.1 Å². The number of halogens is 1. The summed E-state index contributed by atoms with van der Waals surface area (Å²) in [5.41, 5.74) is 5.81. The zero-order chi connectivity index (χ0) is 11.2. The van der Waals surface area contributed by atoms with Gasteiger partial charge in [-0.15, -0.1) is 0 Å². The first-order valence-electron chi connectivity index (χ1n) is 4.08. The topological polar surface area (TPSA) is 75.3 Å². The smallest absolute Gasteiger partial charge is 0.337 e. The van der Waals surface area contributed by atoms with Gasteiger partial charge in [-0.3, -0.25) is 0 Å². The number of nitrogens with one attached hydrogen (secondary N) is 1. The number of hydrogen-bond donors (Lipinski definition) is 3. The van der Waals surface area contributed by atoms with E-state index in [0.717, 1.165) is 0 Å². The molecular weight excluding hydrogens is 256 g/mol. The Balaban J connectivity index is 2.43. The largest absolute Gasteiger partial charge is 0.478 e. The van der Waals surface area contributed by atoms with Gasteiger partial charge in [0.15, 0.2) is 0 Å². The van der Waals surface area contributed by atoms with Gasteiger partial charge in [0.1, 0.15) is 4.32 Å². The fourth-order valence-electron chi connectivity index (χ4n) is 1.51. The van der Waals surface area contributed by atoms with Gasteiger partial charge in [-0.2, -0.15) is 0 Å². The van der Waals surface area contributed by atoms with E-state index >= 15 is 0 Å². The highest BCUT2D eigenvalue weighted by atomic mass is 35.5. The van der Waals surface area contributed by atoms with E-state index < -0.39 is 5.97 Å². The minimum atomic E-state index is -1.08. The molecule has 0 radical (unpaired) electrons. The Morgan fingerprint density at radius 2 is 2.40 bits per heavy atom. The van der Waals surface area contributed by atoms with Gasteiger partial charge in [-0.05, 0) is 6.08 Å². The van der Waals surface area contributed by atoms with E-state index in [9.17, 15) is 4.79 Å². The normalized spacial score (nSPS) is 29.7. The number of carboxylic acids is 1. The summed E-state index contributed by atoms with van der Waals surface area (Å²) in [6.45, 7) is 0. The highest BCUT2D eigenvalue weighted by molar-refractivity contribution is 8.23. The van der Waals surface area contributed by atoms with Crippen molar-refractivity contribution in [1.82, 2.24) is 5.32 Å². The molecule has 1 aliphatic carbocycles. The van der Waals surface area contributed by atoms with Crippen LogP contribution in [-0.4, -0.2) is 26.7 Å². The minimum absolute atomic E-state index is 0.0408. The van der Waals surface area contributed by atoms with Crippen molar-refractivity contribution in [1.29, 1.82) is 0 Å². The van der Waals surface area contributed by atoms with E-state index in [1.165, 1.54) is 11.8 Å². The Morgan fingerprint density at radius 3 is 3.00 bits per heavy atom. The molecule has 0 bridgehead atoms. The fraction of sp³-hybridized carbons (Fsp3) is 0.250. The Kier molecular flexibility index (Phi) is 2.66. The number of hydrogen-bond acceptors (Lipinski definition) is 4. The van der Waals surface area contributed by atoms with E-state index in [1.807, 2.05) is 0 Å². The standard InChI is InChI=1S/C8H7ClN2O2S2/c9-4-5(10)2(7(12)13)1-3-6(4)15-8(14)11-3/h1,3,6H,10H2,(H,11,14)(H,12,13). The van der Waals surface area contributed by atoms with Crippen molar-refractivity contribution in [3.8, 4) is 0 Å². The summed E-state index contributed by atoms with van der Waals surface area (Å²) >= 11 is 12.4. The van der Waals surface area contributed by atoms with Crippen molar-refractivity contribution in [3.05, 3.63) is 22.4 Å². The third-order valence-electron chi connectivity index (χ3n) is 2.22. The highest BCUT2D eigenvalue weighted by Gasteiger charge is 2.38. The number of aliphatic carboxylic acids is 1. The van der Waals surface area contributed by atoms with Crippen LogP contribution in [0.4, 0.5) is 0 Å². The molecule has 0 amide bonds. The molecule has 2 unspecified atom stereocenters. The molecule has 2 atom stereocenters. The van der Waals surface area contributed by atoms with Gasteiger partial charge >= 0.3 is 5.97 Å². The second-order valence-electron chi connectivity index (χ2n) is 3.14. The summed E-state index contributed by atoms with van der Waals surface area (Å²) < 4.78 is 0.610. The fourth-order valence-corrected chi connectivity index (χ4v) is 3.29. The summed E-state index contributed by atoms with van der Waals surface area (Å²) in [5.74, 6) is -1.08.